The number of rotatable bonds is 6. The maximum Gasteiger partial charge on any atom is 0.137 e. The Morgan fingerprint density at radius 2 is 0.574 bits per heavy atom. The highest BCUT2D eigenvalue weighted by molar-refractivity contribution is 6.26. The molecule has 54 heavy (non-hydrogen) atoms. The molecule has 2 heterocycles. The highest BCUT2D eigenvalue weighted by Crippen LogP contribution is 2.53. The van der Waals surface area contributed by atoms with E-state index in [2.05, 4.69) is 180 Å². The van der Waals surface area contributed by atoms with Crippen molar-refractivity contribution in [3.8, 4) is 0 Å². The molecule has 0 aliphatic carbocycles. The van der Waals surface area contributed by atoms with Crippen molar-refractivity contribution in [2.45, 2.75) is 0 Å². The normalized spacial score (nSPS) is 11.7. The van der Waals surface area contributed by atoms with Crippen molar-refractivity contribution in [2.75, 3.05) is 9.80 Å². The molecule has 0 radical (unpaired) electrons. The maximum absolute atomic E-state index is 6.46. The summed E-state index contributed by atoms with van der Waals surface area (Å²) < 4.78 is 12.9. The van der Waals surface area contributed by atoms with Gasteiger partial charge in [0.1, 0.15) is 22.3 Å². The van der Waals surface area contributed by atoms with Crippen molar-refractivity contribution < 1.29 is 8.83 Å². The molecule has 9 aromatic carbocycles. The summed E-state index contributed by atoms with van der Waals surface area (Å²) in [6.45, 7) is 0. The van der Waals surface area contributed by atoms with Crippen LogP contribution in [-0.2, 0) is 0 Å². The fraction of sp³-hybridized carbons (Fsp3) is 0. The SMILES string of the molecule is c1ccc(N(c2c3ccccc3c(N(c3ccccc3)c3cccc4oc5ccccc5c34)c3ccccc23)c2cccc3oc4ccccc4c23)cc1. The monoisotopic (exact) mass is 692 g/mol. The quantitative estimate of drug-likeness (QED) is 0.128. The molecule has 0 unspecified atom stereocenters. The summed E-state index contributed by atoms with van der Waals surface area (Å²) in [5, 5.41) is 8.86. The zero-order chi connectivity index (χ0) is 35.6. The summed E-state index contributed by atoms with van der Waals surface area (Å²) >= 11 is 0. The van der Waals surface area contributed by atoms with Crippen LogP contribution < -0.4 is 9.80 Å². The van der Waals surface area contributed by atoms with E-state index in [9.17, 15) is 0 Å². The fourth-order valence-electron chi connectivity index (χ4n) is 8.38. The van der Waals surface area contributed by atoms with Gasteiger partial charge in [-0.1, -0.05) is 133 Å². The largest absolute Gasteiger partial charge is 0.456 e. The van der Waals surface area contributed by atoms with E-state index in [0.29, 0.717) is 0 Å². The minimum Gasteiger partial charge on any atom is -0.456 e. The molecule has 11 aromatic rings. The second-order valence-electron chi connectivity index (χ2n) is 13.6. The van der Waals surface area contributed by atoms with E-state index in [0.717, 1.165) is 99.5 Å². The second-order valence-corrected chi connectivity index (χ2v) is 13.6. The molecule has 0 spiro atoms. The van der Waals surface area contributed by atoms with Crippen LogP contribution in [0.2, 0.25) is 0 Å². The Morgan fingerprint density at radius 1 is 0.259 bits per heavy atom. The zero-order valence-electron chi connectivity index (χ0n) is 29.2. The first-order valence-corrected chi connectivity index (χ1v) is 18.3. The summed E-state index contributed by atoms with van der Waals surface area (Å²) in [4.78, 5) is 4.85. The molecule has 0 bridgehead atoms. The van der Waals surface area contributed by atoms with Crippen LogP contribution in [0, 0.1) is 0 Å². The maximum atomic E-state index is 6.46. The smallest absolute Gasteiger partial charge is 0.137 e. The third-order valence-electron chi connectivity index (χ3n) is 10.6. The lowest BCUT2D eigenvalue weighted by Crippen LogP contribution is -2.15. The molecule has 0 fully saturated rings. The van der Waals surface area contributed by atoms with Gasteiger partial charge in [-0.25, -0.2) is 0 Å². The van der Waals surface area contributed by atoms with Crippen LogP contribution in [-0.4, -0.2) is 0 Å². The Hall–Kier alpha value is -7.30. The number of hydrogen-bond acceptors (Lipinski definition) is 4. The van der Waals surface area contributed by atoms with Crippen molar-refractivity contribution in [1.82, 2.24) is 0 Å². The molecular weight excluding hydrogens is 661 g/mol. The van der Waals surface area contributed by atoms with Crippen molar-refractivity contribution in [3.05, 3.63) is 194 Å². The standard InChI is InChI=1S/C50H32N2O2/c1-3-17-33(18-4-1)51(41-27-15-31-45-47(41)39-25-11-13-29-43(39)53-45)49-35-21-7-9-23-37(35)50(38-24-10-8-22-36(38)49)52(34-19-5-2-6-20-34)42-28-16-32-46-48(42)40-26-12-14-30-44(40)54-46/h1-32H. The molecule has 0 N–H and O–H groups in total. The van der Waals surface area contributed by atoms with E-state index < -0.39 is 0 Å². The first-order valence-electron chi connectivity index (χ1n) is 18.3. The van der Waals surface area contributed by atoms with E-state index in [-0.39, 0.29) is 0 Å². The van der Waals surface area contributed by atoms with E-state index in [4.69, 9.17) is 8.83 Å². The van der Waals surface area contributed by atoms with Gasteiger partial charge in [-0.15, -0.1) is 0 Å². The van der Waals surface area contributed by atoms with Gasteiger partial charge < -0.3 is 18.6 Å². The van der Waals surface area contributed by atoms with Gasteiger partial charge in [-0.2, -0.15) is 0 Å². The Kier molecular flexibility index (Phi) is 6.82. The highest BCUT2D eigenvalue weighted by atomic mass is 16.3. The van der Waals surface area contributed by atoms with Crippen LogP contribution in [0.3, 0.4) is 0 Å². The molecule has 0 amide bonds. The Morgan fingerprint density at radius 3 is 0.963 bits per heavy atom. The molecule has 0 aliphatic rings. The van der Waals surface area contributed by atoms with Gasteiger partial charge >= 0.3 is 0 Å². The van der Waals surface area contributed by atoms with Crippen LogP contribution in [0.15, 0.2) is 203 Å². The molecule has 0 atom stereocenters. The van der Waals surface area contributed by atoms with Gasteiger partial charge in [0.2, 0.25) is 0 Å². The summed E-state index contributed by atoms with van der Waals surface area (Å²) in [6.07, 6.45) is 0. The molecule has 0 aliphatic heterocycles. The molecule has 2 aromatic heterocycles. The molecule has 4 nitrogen and oxygen atoms in total. The molecule has 254 valence electrons. The van der Waals surface area contributed by atoms with E-state index in [1.807, 2.05) is 24.3 Å². The molecule has 0 saturated carbocycles. The summed E-state index contributed by atoms with van der Waals surface area (Å²) in [7, 11) is 0. The molecule has 4 heteroatoms. The summed E-state index contributed by atoms with van der Waals surface area (Å²) in [5.74, 6) is 0. The van der Waals surface area contributed by atoms with Crippen LogP contribution in [0.4, 0.5) is 34.1 Å². The third kappa shape index (κ3) is 4.57. The predicted octanol–water partition coefficient (Wildman–Crippen LogP) is 14.7. The highest BCUT2D eigenvalue weighted by Gasteiger charge is 2.28. The average Bonchev–Trinajstić information content (AvgIpc) is 3.82. The van der Waals surface area contributed by atoms with Crippen molar-refractivity contribution in [1.29, 1.82) is 0 Å². The van der Waals surface area contributed by atoms with Crippen LogP contribution >= 0.6 is 0 Å². The Labute approximate surface area is 311 Å². The number of benzene rings is 9. The van der Waals surface area contributed by atoms with E-state index in [1.165, 1.54) is 0 Å². The van der Waals surface area contributed by atoms with Gasteiger partial charge in [-0.05, 0) is 60.7 Å². The number of nitrogens with zero attached hydrogens (tertiary/aromatic N) is 2. The fourth-order valence-corrected chi connectivity index (χ4v) is 8.38. The first-order chi connectivity index (χ1) is 26.8. The molecule has 11 rings (SSSR count). The van der Waals surface area contributed by atoms with Crippen LogP contribution in [0.1, 0.15) is 0 Å². The second kappa shape index (κ2) is 12.1. The van der Waals surface area contributed by atoms with E-state index in [1.54, 1.807) is 0 Å². The van der Waals surface area contributed by atoms with Gasteiger partial charge in [0.25, 0.3) is 0 Å². The van der Waals surface area contributed by atoms with Gasteiger partial charge in [0.15, 0.2) is 0 Å². The third-order valence-corrected chi connectivity index (χ3v) is 10.6. The minimum absolute atomic E-state index is 0.857. The van der Waals surface area contributed by atoms with Crippen molar-refractivity contribution >= 4 is 99.5 Å². The lowest BCUT2D eigenvalue weighted by molar-refractivity contribution is 0.668. The van der Waals surface area contributed by atoms with Gasteiger partial charge in [0.05, 0.1) is 33.5 Å². The van der Waals surface area contributed by atoms with Crippen molar-refractivity contribution in [3.63, 3.8) is 0 Å². The van der Waals surface area contributed by atoms with E-state index >= 15 is 0 Å². The topological polar surface area (TPSA) is 32.8 Å². The molecular formula is C50H32N2O2. The Balaban J connectivity index is 1.29. The number of fused-ring (bicyclic) bond motifs is 8. The van der Waals surface area contributed by atoms with Gasteiger partial charge in [-0.3, -0.25) is 0 Å². The Bertz CT molecular complexity index is 2910. The first kappa shape index (κ1) is 30.3. The van der Waals surface area contributed by atoms with Gasteiger partial charge in [0, 0.05) is 43.7 Å². The number of hydrogen-bond donors (Lipinski definition) is 0. The summed E-state index contributed by atoms with van der Waals surface area (Å²) in [5.41, 5.74) is 9.91. The minimum atomic E-state index is 0.857. The average molecular weight is 693 g/mol. The number of para-hydroxylation sites is 4. The lowest BCUT2D eigenvalue weighted by Gasteiger charge is -2.33. The summed E-state index contributed by atoms with van der Waals surface area (Å²) in [6, 6.07) is 68.5. The number of furan rings is 2. The predicted molar refractivity (Wildman–Crippen MR) is 225 cm³/mol. The lowest BCUT2D eigenvalue weighted by atomic mass is 9.94. The number of anilines is 6. The van der Waals surface area contributed by atoms with Crippen LogP contribution in [0.25, 0.3) is 65.4 Å². The zero-order valence-corrected chi connectivity index (χ0v) is 29.2. The van der Waals surface area contributed by atoms with Crippen LogP contribution in [0.5, 0.6) is 0 Å². The van der Waals surface area contributed by atoms with Crippen molar-refractivity contribution in [2.24, 2.45) is 0 Å². The molecule has 0 saturated heterocycles.